The van der Waals surface area contributed by atoms with Gasteiger partial charge < -0.3 is 15.0 Å². The number of H-pyrrole nitrogens is 1. The second-order valence-electron chi connectivity index (χ2n) is 8.20. The molecule has 1 fully saturated rings. The Hall–Kier alpha value is -2.21. The Labute approximate surface area is 192 Å². The molecule has 2 aromatic carbocycles. The molecular weight excluding hydrogens is 433 g/mol. The van der Waals surface area contributed by atoms with Crippen molar-refractivity contribution in [2.75, 3.05) is 32.1 Å². The maximum absolute atomic E-state index is 12.5. The molecular formula is C24H27Cl2N3O2. The molecule has 4 rings (SSSR count). The summed E-state index contributed by atoms with van der Waals surface area (Å²) in [6.07, 6.45) is 4.23. The standard InChI is InChI=1S/C24H27Cl2N3O2/c1-15(19-13-27-22-7-6-17(31-2)12-18(19)22)16-8-10-29(11-9-16)14-23(30)28-24-20(25)4-3-5-21(24)26/h3-7,12-13,15-16,27H,8-11,14H2,1-2H3,(H,28,30). The molecule has 1 atom stereocenters. The summed E-state index contributed by atoms with van der Waals surface area (Å²) >= 11 is 12.3. The van der Waals surface area contributed by atoms with Crippen molar-refractivity contribution in [3.05, 3.63) is 58.2 Å². The fourth-order valence-electron chi connectivity index (χ4n) is 4.49. The quantitative estimate of drug-likeness (QED) is 0.479. The van der Waals surface area contributed by atoms with E-state index in [0.29, 0.717) is 34.1 Å². The monoisotopic (exact) mass is 459 g/mol. The van der Waals surface area contributed by atoms with Crippen LogP contribution in [0, 0.1) is 5.92 Å². The van der Waals surface area contributed by atoms with Gasteiger partial charge in [-0.15, -0.1) is 0 Å². The molecule has 7 heteroatoms. The zero-order chi connectivity index (χ0) is 22.0. The number of aromatic amines is 1. The van der Waals surface area contributed by atoms with Crippen molar-refractivity contribution >= 4 is 45.7 Å². The van der Waals surface area contributed by atoms with E-state index in [1.165, 1.54) is 10.9 Å². The first-order chi connectivity index (χ1) is 15.0. The number of ether oxygens (including phenoxy) is 1. The number of hydrogen-bond acceptors (Lipinski definition) is 3. The van der Waals surface area contributed by atoms with Gasteiger partial charge >= 0.3 is 0 Å². The number of likely N-dealkylation sites (tertiary alicyclic amines) is 1. The number of amides is 1. The van der Waals surface area contributed by atoms with E-state index in [2.05, 4.69) is 40.5 Å². The molecule has 1 amide bonds. The Kier molecular flexibility index (Phi) is 6.75. The van der Waals surface area contributed by atoms with Crippen LogP contribution < -0.4 is 10.1 Å². The topological polar surface area (TPSA) is 57.4 Å². The Morgan fingerprint density at radius 2 is 1.94 bits per heavy atom. The summed E-state index contributed by atoms with van der Waals surface area (Å²) in [6.45, 7) is 4.43. The number of anilines is 1. The van der Waals surface area contributed by atoms with Crippen LogP contribution in [-0.4, -0.2) is 42.5 Å². The smallest absolute Gasteiger partial charge is 0.238 e. The number of rotatable bonds is 6. The molecule has 0 bridgehead atoms. The van der Waals surface area contributed by atoms with Gasteiger partial charge in [0.2, 0.25) is 5.91 Å². The first kappa shape index (κ1) is 22.0. The molecule has 0 aliphatic carbocycles. The summed E-state index contributed by atoms with van der Waals surface area (Å²) in [4.78, 5) is 18.1. The van der Waals surface area contributed by atoms with Gasteiger partial charge in [-0.1, -0.05) is 36.2 Å². The SMILES string of the molecule is COc1ccc2[nH]cc(C(C)C3CCN(CC(=O)Nc4c(Cl)cccc4Cl)CC3)c2c1. The van der Waals surface area contributed by atoms with Gasteiger partial charge in [0.1, 0.15) is 5.75 Å². The predicted octanol–water partition coefficient (Wildman–Crippen LogP) is 5.94. The molecule has 31 heavy (non-hydrogen) atoms. The van der Waals surface area contributed by atoms with Crippen LogP contribution in [0.2, 0.25) is 10.0 Å². The number of aromatic nitrogens is 1. The van der Waals surface area contributed by atoms with E-state index in [9.17, 15) is 4.79 Å². The van der Waals surface area contributed by atoms with Crippen LogP contribution in [0.15, 0.2) is 42.6 Å². The van der Waals surface area contributed by atoms with Crippen molar-refractivity contribution < 1.29 is 9.53 Å². The minimum atomic E-state index is -0.0924. The number of nitrogens with zero attached hydrogens (tertiary/aromatic N) is 1. The number of methoxy groups -OCH3 is 1. The van der Waals surface area contributed by atoms with Crippen molar-refractivity contribution in [3.63, 3.8) is 0 Å². The molecule has 0 saturated carbocycles. The molecule has 1 unspecified atom stereocenters. The summed E-state index contributed by atoms with van der Waals surface area (Å²) < 4.78 is 5.41. The summed E-state index contributed by atoms with van der Waals surface area (Å²) in [5, 5.41) is 4.98. The minimum Gasteiger partial charge on any atom is -0.497 e. The van der Waals surface area contributed by atoms with E-state index in [0.717, 1.165) is 37.2 Å². The lowest BCUT2D eigenvalue weighted by atomic mass is 9.81. The number of fused-ring (bicyclic) bond motifs is 1. The lowest BCUT2D eigenvalue weighted by Crippen LogP contribution is -2.40. The highest BCUT2D eigenvalue weighted by molar-refractivity contribution is 6.39. The van der Waals surface area contributed by atoms with Crippen LogP contribution in [0.3, 0.4) is 0 Å². The lowest BCUT2D eigenvalue weighted by Gasteiger charge is -2.34. The molecule has 0 radical (unpaired) electrons. The fraction of sp³-hybridized carbons (Fsp3) is 0.375. The molecule has 1 aliphatic heterocycles. The number of para-hydroxylation sites is 1. The summed E-state index contributed by atoms with van der Waals surface area (Å²) in [5.41, 5.74) is 2.95. The Morgan fingerprint density at radius 1 is 1.23 bits per heavy atom. The minimum absolute atomic E-state index is 0.0924. The van der Waals surface area contributed by atoms with Crippen LogP contribution >= 0.6 is 23.2 Å². The molecule has 1 aliphatic rings. The summed E-state index contributed by atoms with van der Waals surface area (Å²) in [7, 11) is 1.70. The van der Waals surface area contributed by atoms with Crippen molar-refractivity contribution in [1.82, 2.24) is 9.88 Å². The van der Waals surface area contributed by atoms with Gasteiger partial charge in [0.05, 0.1) is 29.4 Å². The zero-order valence-corrected chi connectivity index (χ0v) is 19.3. The van der Waals surface area contributed by atoms with Crippen LogP contribution in [0.25, 0.3) is 10.9 Å². The van der Waals surface area contributed by atoms with Gasteiger partial charge in [-0.05, 0) is 73.7 Å². The number of carbonyl (C=O) groups is 1. The Balaban J connectivity index is 1.35. The number of nitrogens with one attached hydrogen (secondary N) is 2. The number of benzene rings is 2. The van der Waals surface area contributed by atoms with Crippen LogP contribution in [-0.2, 0) is 4.79 Å². The van der Waals surface area contributed by atoms with E-state index < -0.39 is 0 Å². The van der Waals surface area contributed by atoms with E-state index in [1.54, 1.807) is 25.3 Å². The van der Waals surface area contributed by atoms with E-state index in [-0.39, 0.29) is 5.91 Å². The third-order valence-corrected chi connectivity index (χ3v) is 6.98. The summed E-state index contributed by atoms with van der Waals surface area (Å²) in [6, 6.07) is 11.4. The molecule has 2 N–H and O–H groups in total. The fourth-order valence-corrected chi connectivity index (χ4v) is 4.98. The number of piperidine rings is 1. The summed E-state index contributed by atoms with van der Waals surface area (Å²) in [5.74, 6) is 1.78. The molecule has 0 spiro atoms. The maximum atomic E-state index is 12.5. The molecule has 2 heterocycles. The molecule has 1 aromatic heterocycles. The highest BCUT2D eigenvalue weighted by Gasteiger charge is 2.27. The molecule has 3 aromatic rings. The van der Waals surface area contributed by atoms with Crippen LogP contribution in [0.4, 0.5) is 5.69 Å². The van der Waals surface area contributed by atoms with Gasteiger partial charge in [-0.25, -0.2) is 0 Å². The molecule has 1 saturated heterocycles. The van der Waals surface area contributed by atoms with Crippen molar-refractivity contribution in [2.24, 2.45) is 5.92 Å². The third kappa shape index (κ3) is 4.84. The van der Waals surface area contributed by atoms with Crippen molar-refractivity contribution in [2.45, 2.75) is 25.7 Å². The first-order valence-corrected chi connectivity index (χ1v) is 11.3. The van der Waals surface area contributed by atoms with Gasteiger partial charge in [0.25, 0.3) is 0 Å². The first-order valence-electron chi connectivity index (χ1n) is 10.6. The molecule has 164 valence electrons. The van der Waals surface area contributed by atoms with Gasteiger partial charge in [0.15, 0.2) is 0 Å². The third-order valence-electron chi connectivity index (χ3n) is 6.35. The number of halogens is 2. The highest BCUT2D eigenvalue weighted by Crippen LogP contribution is 2.37. The van der Waals surface area contributed by atoms with E-state index >= 15 is 0 Å². The van der Waals surface area contributed by atoms with Gasteiger partial charge in [-0.2, -0.15) is 0 Å². The van der Waals surface area contributed by atoms with Gasteiger partial charge in [0, 0.05) is 17.1 Å². The van der Waals surface area contributed by atoms with Crippen LogP contribution in [0.5, 0.6) is 5.75 Å². The number of hydrogen-bond donors (Lipinski definition) is 2. The normalized spacial score (nSPS) is 16.4. The maximum Gasteiger partial charge on any atom is 0.238 e. The highest BCUT2D eigenvalue weighted by atomic mass is 35.5. The lowest BCUT2D eigenvalue weighted by molar-refractivity contribution is -0.117. The number of carbonyl (C=O) groups excluding carboxylic acids is 1. The van der Waals surface area contributed by atoms with Crippen molar-refractivity contribution in [1.29, 1.82) is 0 Å². The Bertz CT molecular complexity index is 1050. The average molecular weight is 460 g/mol. The zero-order valence-electron chi connectivity index (χ0n) is 17.8. The van der Waals surface area contributed by atoms with Gasteiger partial charge in [-0.3, -0.25) is 9.69 Å². The second kappa shape index (κ2) is 9.51. The van der Waals surface area contributed by atoms with E-state index in [1.807, 2.05) is 6.07 Å². The van der Waals surface area contributed by atoms with E-state index in [4.69, 9.17) is 27.9 Å². The largest absolute Gasteiger partial charge is 0.497 e. The second-order valence-corrected chi connectivity index (χ2v) is 9.02. The average Bonchev–Trinajstić information content (AvgIpc) is 3.19. The molecule has 5 nitrogen and oxygen atoms in total. The Morgan fingerprint density at radius 3 is 2.61 bits per heavy atom. The predicted molar refractivity (Wildman–Crippen MR) is 128 cm³/mol. The van der Waals surface area contributed by atoms with Crippen LogP contribution in [0.1, 0.15) is 31.2 Å². The van der Waals surface area contributed by atoms with Crippen molar-refractivity contribution in [3.8, 4) is 5.75 Å².